The average molecular weight is 378 g/mol. The number of alkyl halides is 4. The fourth-order valence-corrected chi connectivity index (χ4v) is 2.07. The molecule has 0 saturated heterocycles. The van der Waals surface area contributed by atoms with Crippen LogP contribution < -0.4 is 0 Å². The van der Waals surface area contributed by atoms with E-state index in [-0.39, 0.29) is 10.9 Å². The van der Waals surface area contributed by atoms with E-state index < -0.39 is 23.9 Å². The Morgan fingerprint density at radius 2 is 1.82 bits per heavy atom. The van der Waals surface area contributed by atoms with E-state index >= 15 is 0 Å². The zero-order valence-corrected chi connectivity index (χ0v) is 11.6. The van der Waals surface area contributed by atoms with Crippen LogP contribution in [0.25, 0.3) is 0 Å². The molecule has 0 radical (unpaired) electrons. The average Bonchev–Trinajstić information content (AvgIpc) is 2.26. The summed E-state index contributed by atoms with van der Waals surface area (Å²) in [4.78, 5) is 0. The molecular weight excluding hydrogens is 369 g/mol. The van der Waals surface area contributed by atoms with Crippen molar-refractivity contribution in [1.29, 1.82) is 0 Å². The van der Waals surface area contributed by atoms with Crippen molar-refractivity contribution in [3.8, 4) is 0 Å². The Bertz CT molecular complexity index is 396. The minimum Gasteiger partial charge on any atom is -0.389 e. The molecular formula is C10H9Br2F3O2. The largest absolute Gasteiger partial charge is 0.416 e. The maximum Gasteiger partial charge on any atom is 0.416 e. The minimum atomic E-state index is -4.48. The van der Waals surface area contributed by atoms with Gasteiger partial charge in [-0.05, 0) is 23.8 Å². The smallest absolute Gasteiger partial charge is 0.389 e. The second-order valence-electron chi connectivity index (χ2n) is 3.40. The number of benzene rings is 1. The van der Waals surface area contributed by atoms with E-state index in [2.05, 4.69) is 31.9 Å². The van der Waals surface area contributed by atoms with Crippen LogP contribution in [-0.4, -0.2) is 21.6 Å². The van der Waals surface area contributed by atoms with Gasteiger partial charge in [0.15, 0.2) is 0 Å². The van der Waals surface area contributed by atoms with E-state index in [0.717, 1.165) is 12.1 Å². The third-order valence-corrected chi connectivity index (χ3v) is 3.55. The number of hydrogen-bond acceptors (Lipinski definition) is 2. The number of aliphatic hydroxyl groups excluding tert-OH is 2. The molecule has 17 heavy (non-hydrogen) atoms. The van der Waals surface area contributed by atoms with Gasteiger partial charge in [0, 0.05) is 9.80 Å². The van der Waals surface area contributed by atoms with Crippen LogP contribution in [0, 0.1) is 0 Å². The molecule has 0 spiro atoms. The summed E-state index contributed by atoms with van der Waals surface area (Å²) >= 11 is 5.99. The molecule has 7 heteroatoms. The molecule has 0 fully saturated rings. The monoisotopic (exact) mass is 376 g/mol. The molecule has 96 valence electrons. The van der Waals surface area contributed by atoms with Gasteiger partial charge in [0.05, 0.1) is 11.7 Å². The highest BCUT2D eigenvalue weighted by atomic mass is 79.9. The summed E-state index contributed by atoms with van der Waals surface area (Å²) in [7, 11) is 0. The Kier molecular flexibility index (Phi) is 5.00. The van der Waals surface area contributed by atoms with Gasteiger partial charge in [-0.3, -0.25) is 0 Å². The molecule has 1 aromatic rings. The zero-order chi connectivity index (χ0) is 13.2. The van der Waals surface area contributed by atoms with Crippen molar-refractivity contribution in [3.05, 3.63) is 33.8 Å². The van der Waals surface area contributed by atoms with Crippen molar-refractivity contribution < 1.29 is 23.4 Å². The van der Waals surface area contributed by atoms with E-state index in [1.54, 1.807) is 0 Å². The maximum atomic E-state index is 12.5. The second kappa shape index (κ2) is 5.69. The summed E-state index contributed by atoms with van der Waals surface area (Å²) < 4.78 is 37.7. The SMILES string of the molecule is OC(CBr)C(O)c1cc(C(F)(F)F)ccc1Br. The van der Waals surface area contributed by atoms with Gasteiger partial charge < -0.3 is 10.2 Å². The predicted octanol–water partition coefficient (Wildman–Crippen LogP) is 3.26. The summed E-state index contributed by atoms with van der Waals surface area (Å²) in [6.07, 6.45) is -7.03. The number of rotatable bonds is 3. The quantitative estimate of drug-likeness (QED) is 0.794. The molecule has 0 bridgehead atoms. The molecule has 1 aromatic carbocycles. The minimum absolute atomic E-state index is 0.00627. The number of halogens is 5. The van der Waals surface area contributed by atoms with Crippen LogP contribution in [-0.2, 0) is 6.18 Å². The number of aliphatic hydroxyl groups is 2. The van der Waals surface area contributed by atoms with Crippen molar-refractivity contribution in [2.24, 2.45) is 0 Å². The lowest BCUT2D eigenvalue weighted by atomic mass is 10.0. The van der Waals surface area contributed by atoms with E-state index in [1.165, 1.54) is 6.07 Å². The molecule has 0 amide bonds. The summed E-state index contributed by atoms with van der Waals surface area (Å²) in [5.74, 6) is 0. The summed E-state index contributed by atoms with van der Waals surface area (Å²) in [5.41, 5.74) is -0.858. The Balaban J connectivity index is 3.15. The lowest BCUT2D eigenvalue weighted by Crippen LogP contribution is -2.20. The molecule has 2 unspecified atom stereocenters. The first-order chi connectivity index (χ1) is 7.77. The lowest BCUT2D eigenvalue weighted by molar-refractivity contribution is -0.137. The molecule has 0 aromatic heterocycles. The van der Waals surface area contributed by atoms with Crippen molar-refractivity contribution in [3.63, 3.8) is 0 Å². The first-order valence-corrected chi connectivity index (χ1v) is 6.47. The first kappa shape index (κ1) is 14.9. The summed E-state index contributed by atoms with van der Waals surface area (Å²) in [5, 5.41) is 19.1. The zero-order valence-electron chi connectivity index (χ0n) is 8.38. The van der Waals surface area contributed by atoms with Gasteiger partial charge in [-0.25, -0.2) is 0 Å². The van der Waals surface area contributed by atoms with Crippen LogP contribution in [0.2, 0.25) is 0 Å². The van der Waals surface area contributed by atoms with Crippen molar-refractivity contribution >= 4 is 31.9 Å². The van der Waals surface area contributed by atoms with Crippen LogP contribution in [0.5, 0.6) is 0 Å². The van der Waals surface area contributed by atoms with Crippen LogP contribution in [0.1, 0.15) is 17.2 Å². The van der Waals surface area contributed by atoms with Crippen molar-refractivity contribution in [1.82, 2.24) is 0 Å². The third-order valence-electron chi connectivity index (χ3n) is 2.16. The highest BCUT2D eigenvalue weighted by molar-refractivity contribution is 9.10. The first-order valence-electron chi connectivity index (χ1n) is 4.56. The number of hydrogen-bond donors (Lipinski definition) is 2. The molecule has 0 heterocycles. The summed E-state index contributed by atoms with van der Waals surface area (Å²) in [6, 6.07) is 2.92. The van der Waals surface area contributed by atoms with Crippen molar-refractivity contribution in [2.45, 2.75) is 18.4 Å². The molecule has 1 rings (SSSR count). The topological polar surface area (TPSA) is 40.5 Å². The Morgan fingerprint density at radius 3 is 2.29 bits per heavy atom. The van der Waals surface area contributed by atoms with E-state index in [4.69, 9.17) is 0 Å². The Hall–Kier alpha value is -0.110. The third kappa shape index (κ3) is 3.67. The highest BCUT2D eigenvalue weighted by Gasteiger charge is 2.32. The standard InChI is InChI=1S/C10H9Br2F3O2/c11-4-8(16)9(17)6-3-5(10(13,14)15)1-2-7(6)12/h1-3,8-9,16-17H,4H2. The molecule has 0 aliphatic rings. The Labute approximate surface area is 113 Å². The molecule has 0 aliphatic carbocycles. The predicted molar refractivity (Wildman–Crippen MR) is 63.9 cm³/mol. The molecule has 2 N–H and O–H groups in total. The van der Waals surface area contributed by atoms with E-state index in [0.29, 0.717) is 4.47 Å². The second-order valence-corrected chi connectivity index (χ2v) is 4.90. The van der Waals surface area contributed by atoms with Gasteiger partial charge >= 0.3 is 6.18 Å². The fraction of sp³-hybridized carbons (Fsp3) is 0.400. The molecule has 0 aliphatic heterocycles. The maximum absolute atomic E-state index is 12.5. The van der Waals surface area contributed by atoms with Crippen LogP contribution >= 0.6 is 31.9 Å². The van der Waals surface area contributed by atoms with E-state index in [9.17, 15) is 23.4 Å². The lowest BCUT2D eigenvalue weighted by Gasteiger charge is -2.18. The van der Waals surface area contributed by atoms with Crippen LogP contribution in [0.3, 0.4) is 0 Å². The highest BCUT2D eigenvalue weighted by Crippen LogP contribution is 2.34. The van der Waals surface area contributed by atoms with Crippen LogP contribution in [0.4, 0.5) is 13.2 Å². The van der Waals surface area contributed by atoms with Gasteiger partial charge in [-0.15, -0.1) is 0 Å². The Morgan fingerprint density at radius 1 is 1.24 bits per heavy atom. The van der Waals surface area contributed by atoms with Gasteiger partial charge in [0.1, 0.15) is 6.10 Å². The normalized spacial score (nSPS) is 15.7. The van der Waals surface area contributed by atoms with Crippen molar-refractivity contribution in [2.75, 3.05) is 5.33 Å². The molecule has 2 atom stereocenters. The van der Waals surface area contributed by atoms with Gasteiger partial charge in [0.2, 0.25) is 0 Å². The van der Waals surface area contributed by atoms with Gasteiger partial charge in [-0.2, -0.15) is 13.2 Å². The summed E-state index contributed by atoms with van der Waals surface area (Å²) in [6.45, 7) is 0. The molecule has 2 nitrogen and oxygen atoms in total. The van der Waals surface area contributed by atoms with Gasteiger partial charge in [0.25, 0.3) is 0 Å². The fourth-order valence-electron chi connectivity index (χ4n) is 1.24. The van der Waals surface area contributed by atoms with E-state index in [1.807, 2.05) is 0 Å². The van der Waals surface area contributed by atoms with Crippen LogP contribution in [0.15, 0.2) is 22.7 Å². The van der Waals surface area contributed by atoms with Gasteiger partial charge in [-0.1, -0.05) is 31.9 Å². The molecule has 0 saturated carbocycles.